The van der Waals surface area contributed by atoms with Crippen molar-refractivity contribution in [2.75, 3.05) is 5.32 Å². The second-order valence-electron chi connectivity index (χ2n) is 5.32. The van der Waals surface area contributed by atoms with Crippen molar-refractivity contribution in [1.29, 1.82) is 0 Å². The highest BCUT2D eigenvalue weighted by atomic mass is 35.5. The first-order valence-corrected chi connectivity index (χ1v) is 7.62. The van der Waals surface area contributed by atoms with Crippen LogP contribution in [-0.4, -0.2) is 25.7 Å². The summed E-state index contributed by atoms with van der Waals surface area (Å²) in [6, 6.07) is 7.21. The van der Waals surface area contributed by atoms with Crippen LogP contribution in [0.5, 0.6) is 0 Å². The number of carbonyl (C=O) groups is 1. The predicted octanol–water partition coefficient (Wildman–Crippen LogP) is 3.80. The molecule has 10 heteroatoms. The Morgan fingerprint density at radius 3 is 2.65 bits per heavy atom. The zero-order valence-corrected chi connectivity index (χ0v) is 14.0. The maximum Gasteiger partial charge on any atom is 0.433 e. The first-order chi connectivity index (χ1) is 12.2. The first-order valence-electron chi connectivity index (χ1n) is 7.24. The number of hydrogen-bond donors (Lipinski definition) is 1. The Balaban J connectivity index is 1.87. The van der Waals surface area contributed by atoms with Gasteiger partial charge in [0.1, 0.15) is 12.0 Å². The van der Waals surface area contributed by atoms with Crippen LogP contribution in [0.25, 0.3) is 11.4 Å². The highest BCUT2D eigenvalue weighted by Crippen LogP contribution is 2.30. The van der Waals surface area contributed by atoms with Gasteiger partial charge in [-0.2, -0.15) is 18.3 Å². The Morgan fingerprint density at radius 2 is 2.00 bits per heavy atom. The van der Waals surface area contributed by atoms with E-state index >= 15 is 0 Å². The van der Waals surface area contributed by atoms with Gasteiger partial charge in [-0.3, -0.25) is 14.5 Å². The fourth-order valence-corrected chi connectivity index (χ4v) is 2.36. The lowest BCUT2D eigenvalue weighted by Crippen LogP contribution is -2.16. The van der Waals surface area contributed by atoms with Gasteiger partial charge in [-0.1, -0.05) is 23.7 Å². The third kappa shape index (κ3) is 3.83. The Hall–Kier alpha value is -2.94. The molecule has 26 heavy (non-hydrogen) atoms. The third-order valence-corrected chi connectivity index (χ3v) is 3.67. The van der Waals surface area contributed by atoms with Gasteiger partial charge in [0.2, 0.25) is 0 Å². The summed E-state index contributed by atoms with van der Waals surface area (Å²) in [7, 11) is 1.71. The molecule has 3 aromatic rings. The maximum atomic E-state index is 12.8. The number of aromatic nitrogens is 4. The Kier molecular flexibility index (Phi) is 4.64. The minimum Gasteiger partial charge on any atom is -0.322 e. The third-order valence-electron chi connectivity index (χ3n) is 3.37. The number of hydrogen-bond acceptors (Lipinski definition) is 4. The van der Waals surface area contributed by atoms with Crippen molar-refractivity contribution in [3.63, 3.8) is 0 Å². The lowest BCUT2D eigenvalue weighted by Gasteiger charge is -2.10. The SMILES string of the molecule is Cn1cnc(-c2cccc(NC(=O)c3cc(C(F)(F)F)ncc3Cl)c2)n1. The smallest absolute Gasteiger partial charge is 0.322 e. The van der Waals surface area contributed by atoms with Crippen LogP contribution >= 0.6 is 11.6 Å². The fraction of sp³-hybridized carbons (Fsp3) is 0.125. The molecule has 0 saturated carbocycles. The van der Waals surface area contributed by atoms with E-state index in [4.69, 9.17) is 11.6 Å². The summed E-state index contributed by atoms with van der Waals surface area (Å²) in [5.74, 6) is -0.334. The zero-order valence-electron chi connectivity index (χ0n) is 13.3. The van der Waals surface area contributed by atoms with Crippen molar-refractivity contribution in [3.8, 4) is 11.4 Å². The maximum absolute atomic E-state index is 12.8. The van der Waals surface area contributed by atoms with E-state index in [0.717, 1.165) is 6.20 Å². The van der Waals surface area contributed by atoms with Crippen LogP contribution in [0.2, 0.25) is 5.02 Å². The number of halogens is 4. The van der Waals surface area contributed by atoms with Crippen molar-refractivity contribution in [2.24, 2.45) is 7.05 Å². The molecule has 0 spiro atoms. The van der Waals surface area contributed by atoms with E-state index in [1.165, 1.54) is 11.0 Å². The van der Waals surface area contributed by atoms with Gasteiger partial charge in [0, 0.05) is 24.5 Å². The van der Waals surface area contributed by atoms with E-state index < -0.39 is 17.8 Å². The van der Waals surface area contributed by atoms with Crippen LogP contribution in [0.4, 0.5) is 18.9 Å². The van der Waals surface area contributed by atoms with Crippen molar-refractivity contribution < 1.29 is 18.0 Å². The predicted molar refractivity (Wildman–Crippen MR) is 88.6 cm³/mol. The second-order valence-corrected chi connectivity index (χ2v) is 5.73. The number of anilines is 1. The lowest BCUT2D eigenvalue weighted by atomic mass is 10.1. The normalized spacial score (nSPS) is 11.4. The van der Waals surface area contributed by atoms with E-state index in [2.05, 4.69) is 20.4 Å². The molecule has 0 bridgehead atoms. The van der Waals surface area contributed by atoms with Gasteiger partial charge in [-0.05, 0) is 18.2 Å². The number of nitrogens with one attached hydrogen (secondary N) is 1. The van der Waals surface area contributed by atoms with Gasteiger partial charge in [0.25, 0.3) is 5.91 Å². The Bertz CT molecular complexity index is 971. The van der Waals surface area contributed by atoms with Gasteiger partial charge in [0.05, 0.1) is 10.6 Å². The number of benzene rings is 1. The minimum absolute atomic E-state index is 0.182. The highest BCUT2D eigenvalue weighted by molar-refractivity contribution is 6.34. The lowest BCUT2D eigenvalue weighted by molar-refractivity contribution is -0.141. The van der Waals surface area contributed by atoms with Crippen molar-refractivity contribution in [2.45, 2.75) is 6.18 Å². The van der Waals surface area contributed by atoms with Crippen LogP contribution in [0.3, 0.4) is 0 Å². The zero-order chi connectivity index (χ0) is 18.9. The van der Waals surface area contributed by atoms with Gasteiger partial charge in [-0.15, -0.1) is 0 Å². The average molecular weight is 382 g/mol. The summed E-state index contributed by atoms with van der Waals surface area (Å²) < 4.78 is 39.9. The van der Waals surface area contributed by atoms with Crippen LogP contribution in [0.15, 0.2) is 42.9 Å². The number of carbonyl (C=O) groups excluding carboxylic acids is 1. The van der Waals surface area contributed by atoms with Crippen LogP contribution < -0.4 is 5.32 Å². The number of nitrogens with zero attached hydrogens (tertiary/aromatic N) is 4. The number of alkyl halides is 3. The molecule has 0 fully saturated rings. The topological polar surface area (TPSA) is 72.7 Å². The Labute approximate surface area is 150 Å². The molecule has 134 valence electrons. The number of rotatable bonds is 3. The summed E-state index contributed by atoms with van der Waals surface area (Å²) >= 11 is 5.82. The van der Waals surface area contributed by atoms with Gasteiger partial charge >= 0.3 is 6.18 Å². The monoisotopic (exact) mass is 381 g/mol. The molecule has 1 aromatic carbocycles. The molecule has 1 amide bonds. The molecule has 0 aliphatic rings. The second kappa shape index (κ2) is 6.75. The molecule has 0 aliphatic carbocycles. The van der Waals surface area contributed by atoms with E-state index in [9.17, 15) is 18.0 Å². The van der Waals surface area contributed by atoms with Gasteiger partial charge < -0.3 is 5.32 Å². The summed E-state index contributed by atoms with van der Waals surface area (Å²) in [5, 5.41) is 6.48. The molecule has 0 aliphatic heterocycles. The number of pyridine rings is 1. The number of amides is 1. The molecule has 6 nitrogen and oxygen atoms in total. The average Bonchev–Trinajstić information content (AvgIpc) is 3.01. The van der Waals surface area contributed by atoms with Crippen LogP contribution in [0, 0.1) is 0 Å². The summed E-state index contributed by atoms with van der Waals surface area (Å²) in [6.45, 7) is 0. The molecule has 0 radical (unpaired) electrons. The van der Waals surface area contributed by atoms with Gasteiger partial charge in [-0.25, -0.2) is 4.98 Å². The quantitative estimate of drug-likeness (QED) is 0.749. The molecule has 3 rings (SSSR count). The van der Waals surface area contributed by atoms with Crippen molar-refractivity contribution >= 4 is 23.2 Å². The van der Waals surface area contributed by atoms with E-state index in [0.29, 0.717) is 23.1 Å². The molecule has 0 unspecified atom stereocenters. The van der Waals surface area contributed by atoms with E-state index in [-0.39, 0.29) is 10.6 Å². The highest BCUT2D eigenvalue weighted by Gasteiger charge is 2.33. The van der Waals surface area contributed by atoms with Gasteiger partial charge in [0.15, 0.2) is 5.82 Å². The van der Waals surface area contributed by atoms with Crippen LogP contribution in [-0.2, 0) is 13.2 Å². The molecule has 2 heterocycles. The van der Waals surface area contributed by atoms with Crippen molar-refractivity contribution in [3.05, 3.63) is 59.1 Å². The summed E-state index contributed by atoms with van der Waals surface area (Å²) in [6.07, 6.45) is -2.35. The fourth-order valence-electron chi connectivity index (χ4n) is 2.17. The summed E-state index contributed by atoms with van der Waals surface area (Å²) in [5.41, 5.74) is -0.518. The Morgan fingerprint density at radius 1 is 1.23 bits per heavy atom. The van der Waals surface area contributed by atoms with E-state index in [1.807, 2.05) is 0 Å². The number of aryl methyl sites for hydroxylation is 1. The van der Waals surface area contributed by atoms with Crippen LogP contribution in [0.1, 0.15) is 16.1 Å². The summed E-state index contributed by atoms with van der Waals surface area (Å²) in [4.78, 5) is 19.6. The molecule has 0 saturated heterocycles. The standard InChI is InChI=1S/C16H11ClF3N5O/c1-25-8-22-14(24-25)9-3-2-4-10(5-9)23-15(26)11-6-13(16(18,19)20)21-7-12(11)17/h2-8H,1H3,(H,23,26). The first kappa shape index (κ1) is 17.9. The molecule has 0 atom stereocenters. The largest absolute Gasteiger partial charge is 0.433 e. The minimum atomic E-state index is -4.68. The van der Waals surface area contributed by atoms with E-state index in [1.54, 1.807) is 31.3 Å². The molecule has 1 N–H and O–H groups in total. The van der Waals surface area contributed by atoms with Crippen molar-refractivity contribution in [1.82, 2.24) is 19.7 Å². The molecular weight excluding hydrogens is 371 g/mol. The molecular formula is C16H11ClF3N5O. The molecule has 2 aromatic heterocycles.